The highest BCUT2D eigenvalue weighted by Crippen LogP contribution is 2.31. The van der Waals surface area contributed by atoms with Crippen molar-refractivity contribution in [1.82, 2.24) is 4.90 Å². The lowest BCUT2D eigenvalue weighted by atomic mass is 10.1. The van der Waals surface area contributed by atoms with Gasteiger partial charge in [0.25, 0.3) is 0 Å². The Labute approximate surface area is 124 Å². The number of para-hydroxylation sites is 1. The molecule has 0 bridgehead atoms. The second-order valence-electron chi connectivity index (χ2n) is 5.14. The third kappa shape index (κ3) is 3.14. The van der Waals surface area contributed by atoms with E-state index in [1.54, 1.807) is 0 Å². The van der Waals surface area contributed by atoms with Crippen LogP contribution in [0.3, 0.4) is 0 Å². The van der Waals surface area contributed by atoms with E-state index in [0.29, 0.717) is 0 Å². The second-order valence-corrected chi connectivity index (χ2v) is 6.17. The third-order valence-electron chi connectivity index (χ3n) is 3.52. The van der Waals surface area contributed by atoms with Crippen LogP contribution in [0.1, 0.15) is 10.4 Å². The Kier molecular flexibility index (Phi) is 4.23. The van der Waals surface area contributed by atoms with E-state index in [4.69, 9.17) is 4.74 Å². The molecule has 4 heteroatoms. The highest BCUT2D eigenvalue weighted by atomic mass is 32.1. The summed E-state index contributed by atoms with van der Waals surface area (Å²) in [6, 6.07) is 10.7. The summed E-state index contributed by atoms with van der Waals surface area (Å²) in [5, 5.41) is 5.53. The summed E-state index contributed by atoms with van der Waals surface area (Å²) in [7, 11) is 2.17. The van der Waals surface area contributed by atoms with Gasteiger partial charge >= 0.3 is 0 Å². The molecule has 0 saturated heterocycles. The van der Waals surface area contributed by atoms with Gasteiger partial charge in [0.1, 0.15) is 12.4 Å². The third-order valence-corrected chi connectivity index (χ3v) is 4.46. The van der Waals surface area contributed by atoms with Crippen molar-refractivity contribution in [2.45, 2.75) is 13.0 Å². The lowest BCUT2D eigenvalue weighted by Gasteiger charge is -2.24. The number of nitrogens with zero attached hydrogens (tertiary/aromatic N) is 1. The van der Waals surface area contributed by atoms with E-state index in [9.17, 15) is 0 Å². The van der Waals surface area contributed by atoms with Crippen LogP contribution in [0.25, 0.3) is 0 Å². The van der Waals surface area contributed by atoms with Gasteiger partial charge in [0.15, 0.2) is 0 Å². The van der Waals surface area contributed by atoms with Gasteiger partial charge in [-0.3, -0.25) is 0 Å². The molecule has 106 valence electrons. The molecule has 1 aliphatic heterocycles. The van der Waals surface area contributed by atoms with Crippen molar-refractivity contribution in [2.75, 3.05) is 32.1 Å². The molecule has 1 N–H and O–H groups in total. The van der Waals surface area contributed by atoms with Crippen LogP contribution in [0.2, 0.25) is 0 Å². The monoisotopic (exact) mass is 288 g/mol. The normalized spacial score (nSPS) is 13.7. The van der Waals surface area contributed by atoms with Gasteiger partial charge in [-0.1, -0.05) is 18.2 Å². The van der Waals surface area contributed by atoms with E-state index in [0.717, 1.165) is 44.1 Å². The van der Waals surface area contributed by atoms with Crippen molar-refractivity contribution in [3.8, 4) is 5.75 Å². The lowest BCUT2D eigenvalue weighted by Crippen LogP contribution is -2.23. The average Bonchev–Trinajstić information content (AvgIpc) is 2.99. The van der Waals surface area contributed by atoms with Crippen molar-refractivity contribution in [3.05, 3.63) is 46.2 Å². The number of nitrogens with one attached hydrogen (secondary N) is 1. The standard InChI is InChI=1S/C16H20N2OS/c1-18(9-7-14-5-3-11-20-14)12-13-4-2-6-15-16(13)19-10-8-17-15/h2-6,11,17H,7-10,12H2,1H3. The first-order valence-corrected chi connectivity index (χ1v) is 7.90. The van der Waals surface area contributed by atoms with Crippen molar-refractivity contribution in [1.29, 1.82) is 0 Å². The predicted molar refractivity (Wildman–Crippen MR) is 84.8 cm³/mol. The summed E-state index contributed by atoms with van der Waals surface area (Å²) in [6.45, 7) is 3.64. The van der Waals surface area contributed by atoms with Crippen LogP contribution in [-0.4, -0.2) is 31.6 Å². The molecular weight excluding hydrogens is 268 g/mol. The molecular formula is C16H20N2OS. The summed E-state index contributed by atoms with van der Waals surface area (Å²) in [4.78, 5) is 3.80. The molecule has 1 aliphatic rings. The SMILES string of the molecule is CN(CCc1cccs1)Cc1cccc2c1OCCN2. The topological polar surface area (TPSA) is 24.5 Å². The average molecular weight is 288 g/mol. The van der Waals surface area contributed by atoms with Crippen molar-refractivity contribution >= 4 is 17.0 Å². The van der Waals surface area contributed by atoms with Crippen LogP contribution < -0.4 is 10.1 Å². The van der Waals surface area contributed by atoms with Crippen LogP contribution in [0.15, 0.2) is 35.7 Å². The van der Waals surface area contributed by atoms with Gasteiger partial charge in [-0.25, -0.2) is 0 Å². The zero-order valence-corrected chi connectivity index (χ0v) is 12.6. The van der Waals surface area contributed by atoms with E-state index in [1.165, 1.54) is 10.4 Å². The zero-order chi connectivity index (χ0) is 13.8. The molecule has 0 saturated carbocycles. The van der Waals surface area contributed by atoms with Gasteiger partial charge < -0.3 is 15.0 Å². The van der Waals surface area contributed by atoms with E-state index < -0.39 is 0 Å². The molecule has 0 aliphatic carbocycles. The minimum absolute atomic E-state index is 0.753. The Morgan fingerprint density at radius 2 is 2.25 bits per heavy atom. The molecule has 3 rings (SSSR count). The largest absolute Gasteiger partial charge is 0.489 e. The van der Waals surface area contributed by atoms with Crippen LogP contribution >= 0.6 is 11.3 Å². The number of anilines is 1. The van der Waals surface area contributed by atoms with E-state index in [1.807, 2.05) is 11.3 Å². The Hall–Kier alpha value is -1.52. The maximum Gasteiger partial charge on any atom is 0.146 e. The fourth-order valence-corrected chi connectivity index (χ4v) is 3.18. The number of benzene rings is 1. The quantitative estimate of drug-likeness (QED) is 0.914. The molecule has 0 spiro atoms. The van der Waals surface area contributed by atoms with Crippen LogP contribution in [0.5, 0.6) is 5.75 Å². The fraction of sp³-hybridized carbons (Fsp3) is 0.375. The van der Waals surface area contributed by atoms with Gasteiger partial charge in [0.2, 0.25) is 0 Å². The number of fused-ring (bicyclic) bond motifs is 1. The van der Waals surface area contributed by atoms with Crippen LogP contribution in [0.4, 0.5) is 5.69 Å². The smallest absolute Gasteiger partial charge is 0.146 e. The summed E-state index contributed by atoms with van der Waals surface area (Å²) in [5.74, 6) is 1.03. The number of thiophene rings is 1. The van der Waals surface area contributed by atoms with Gasteiger partial charge in [0.05, 0.1) is 5.69 Å². The summed E-state index contributed by atoms with van der Waals surface area (Å²) in [6.07, 6.45) is 1.11. The molecule has 1 aromatic heterocycles. The molecule has 20 heavy (non-hydrogen) atoms. The molecule has 0 amide bonds. The lowest BCUT2D eigenvalue weighted by molar-refractivity contribution is 0.297. The molecule has 0 radical (unpaired) electrons. The van der Waals surface area contributed by atoms with E-state index >= 15 is 0 Å². The molecule has 3 nitrogen and oxygen atoms in total. The number of ether oxygens (including phenoxy) is 1. The summed E-state index contributed by atoms with van der Waals surface area (Å²) >= 11 is 1.83. The fourth-order valence-electron chi connectivity index (χ4n) is 2.48. The maximum absolute atomic E-state index is 5.82. The Bertz CT molecular complexity index is 554. The van der Waals surface area contributed by atoms with Gasteiger partial charge in [-0.05, 0) is 31.0 Å². The van der Waals surface area contributed by atoms with E-state index in [2.05, 4.69) is 53.0 Å². The Balaban J connectivity index is 1.62. The first-order chi connectivity index (χ1) is 9.83. The first-order valence-electron chi connectivity index (χ1n) is 7.02. The highest BCUT2D eigenvalue weighted by Gasteiger charge is 2.14. The van der Waals surface area contributed by atoms with Crippen LogP contribution in [-0.2, 0) is 13.0 Å². The summed E-state index contributed by atoms with van der Waals surface area (Å²) < 4.78 is 5.82. The molecule has 0 fully saturated rings. The molecule has 2 heterocycles. The molecule has 0 atom stereocenters. The van der Waals surface area contributed by atoms with Crippen molar-refractivity contribution in [3.63, 3.8) is 0 Å². The Morgan fingerprint density at radius 3 is 3.10 bits per heavy atom. The number of hydrogen-bond donors (Lipinski definition) is 1. The van der Waals surface area contributed by atoms with Gasteiger partial charge in [-0.2, -0.15) is 0 Å². The Morgan fingerprint density at radius 1 is 1.30 bits per heavy atom. The molecule has 0 unspecified atom stereocenters. The number of likely N-dealkylation sites (N-methyl/N-ethyl adjacent to an activating group) is 1. The highest BCUT2D eigenvalue weighted by molar-refractivity contribution is 7.09. The first kappa shape index (κ1) is 13.5. The zero-order valence-electron chi connectivity index (χ0n) is 11.8. The van der Waals surface area contributed by atoms with Crippen molar-refractivity contribution in [2.24, 2.45) is 0 Å². The van der Waals surface area contributed by atoms with E-state index in [-0.39, 0.29) is 0 Å². The minimum Gasteiger partial charge on any atom is -0.489 e. The van der Waals surface area contributed by atoms with Gasteiger partial charge in [-0.15, -0.1) is 11.3 Å². The number of hydrogen-bond acceptors (Lipinski definition) is 4. The van der Waals surface area contributed by atoms with Gasteiger partial charge in [0, 0.05) is 30.1 Å². The minimum atomic E-state index is 0.753. The molecule has 2 aromatic rings. The second kappa shape index (κ2) is 6.29. The summed E-state index contributed by atoms with van der Waals surface area (Å²) in [5.41, 5.74) is 2.39. The maximum atomic E-state index is 5.82. The van der Waals surface area contributed by atoms with Crippen LogP contribution in [0, 0.1) is 0 Å². The van der Waals surface area contributed by atoms with Crippen molar-refractivity contribution < 1.29 is 4.74 Å². The molecule has 1 aromatic carbocycles. The predicted octanol–water partition coefficient (Wildman–Crippen LogP) is 3.23. The number of rotatable bonds is 5.